The average Bonchev–Trinajstić information content (AvgIpc) is 3.28. The van der Waals surface area contributed by atoms with E-state index in [1.807, 2.05) is 0 Å². The maximum atomic E-state index is 12.2. The molecule has 2 heterocycles. The van der Waals surface area contributed by atoms with Crippen molar-refractivity contribution < 1.29 is 22.4 Å². The lowest BCUT2D eigenvalue weighted by atomic mass is 9.81. The summed E-state index contributed by atoms with van der Waals surface area (Å²) in [7, 11) is -1.88. The molecule has 1 aliphatic heterocycles. The summed E-state index contributed by atoms with van der Waals surface area (Å²) in [4.78, 5) is 4.79. The fourth-order valence-corrected chi connectivity index (χ4v) is 4.50. The van der Waals surface area contributed by atoms with E-state index >= 15 is 0 Å². The summed E-state index contributed by atoms with van der Waals surface area (Å²) in [6, 6.07) is 6.48. The van der Waals surface area contributed by atoms with Gasteiger partial charge in [0.1, 0.15) is 0 Å². The highest BCUT2D eigenvalue weighted by Crippen LogP contribution is 2.40. The van der Waals surface area contributed by atoms with Gasteiger partial charge < -0.3 is 14.0 Å². The predicted octanol–water partition coefficient (Wildman–Crippen LogP) is 3.08. The molecule has 1 aromatic heterocycles. The van der Waals surface area contributed by atoms with Crippen molar-refractivity contribution in [3.05, 3.63) is 30.1 Å². The molecule has 8 heteroatoms. The van der Waals surface area contributed by atoms with Gasteiger partial charge in [-0.3, -0.25) is 0 Å². The van der Waals surface area contributed by atoms with Crippen molar-refractivity contribution in [3.8, 4) is 11.5 Å². The monoisotopic (exact) mass is 394 g/mol. The summed E-state index contributed by atoms with van der Waals surface area (Å²) in [5.74, 6) is 1.06. The molecule has 148 valence electrons. The van der Waals surface area contributed by atoms with Gasteiger partial charge in [-0.25, -0.2) is 8.42 Å². The molecule has 0 saturated carbocycles. The van der Waals surface area contributed by atoms with E-state index in [1.54, 1.807) is 24.3 Å². The first-order valence-corrected chi connectivity index (χ1v) is 10.6. The Bertz CT molecular complexity index is 868. The number of sulfone groups is 1. The second kappa shape index (κ2) is 7.69. The molecule has 1 aliphatic rings. The van der Waals surface area contributed by atoms with E-state index in [1.165, 1.54) is 7.11 Å². The molecule has 1 fully saturated rings. The Kier molecular flexibility index (Phi) is 5.69. The Morgan fingerprint density at radius 2 is 1.93 bits per heavy atom. The number of rotatable bonds is 6. The SMILES string of the molecule is COCCS(=O)(=O)c1ccc(-c2nc([C@H]3CCO[C@@H]3C(C)(C)C)no2)cc1. The first kappa shape index (κ1) is 20.0. The number of hydrogen-bond acceptors (Lipinski definition) is 7. The molecule has 0 radical (unpaired) electrons. The summed E-state index contributed by atoms with van der Waals surface area (Å²) in [5, 5.41) is 4.15. The summed E-state index contributed by atoms with van der Waals surface area (Å²) >= 11 is 0. The highest BCUT2D eigenvalue weighted by molar-refractivity contribution is 7.91. The highest BCUT2D eigenvalue weighted by Gasteiger charge is 2.40. The number of aromatic nitrogens is 2. The second-order valence-electron chi connectivity index (χ2n) is 7.85. The topological polar surface area (TPSA) is 91.5 Å². The van der Waals surface area contributed by atoms with Crippen LogP contribution in [0.15, 0.2) is 33.7 Å². The van der Waals surface area contributed by atoms with Crippen molar-refractivity contribution in [2.24, 2.45) is 5.41 Å². The van der Waals surface area contributed by atoms with E-state index in [0.717, 1.165) is 6.42 Å². The number of nitrogens with zero attached hydrogens (tertiary/aromatic N) is 2. The molecule has 0 N–H and O–H groups in total. The molecule has 3 rings (SSSR count). The lowest BCUT2D eigenvalue weighted by Crippen LogP contribution is -2.30. The van der Waals surface area contributed by atoms with E-state index in [-0.39, 0.29) is 34.7 Å². The third-order valence-corrected chi connectivity index (χ3v) is 6.43. The Hall–Kier alpha value is -1.77. The largest absolute Gasteiger partial charge is 0.384 e. The van der Waals surface area contributed by atoms with Crippen LogP contribution in [0.2, 0.25) is 0 Å². The zero-order valence-electron chi connectivity index (χ0n) is 16.1. The van der Waals surface area contributed by atoms with Crippen LogP contribution in [0.5, 0.6) is 0 Å². The van der Waals surface area contributed by atoms with Gasteiger partial charge in [0.15, 0.2) is 15.7 Å². The van der Waals surface area contributed by atoms with Crippen LogP contribution in [0.4, 0.5) is 0 Å². The minimum Gasteiger partial charge on any atom is -0.384 e. The van der Waals surface area contributed by atoms with Crippen LogP contribution in [0, 0.1) is 5.41 Å². The number of ether oxygens (including phenoxy) is 2. The molecule has 2 atom stereocenters. The molecule has 2 aromatic rings. The van der Waals surface area contributed by atoms with Crippen LogP contribution < -0.4 is 0 Å². The van der Waals surface area contributed by atoms with Crippen molar-refractivity contribution in [3.63, 3.8) is 0 Å². The van der Waals surface area contributed by atoms with Crippen LogP contribution in [0.25, 0.3) is 11.5 Å². The quantitative estimate of drug-likeness (QED) is 0.743. The molecule has 7 nitrogen and oxygen atoms in total. The van der Waals surface area contributed by atoms with Gasteiger partial charge in [-0.2, -0.15) is 4.98 Å². The Labute approximate surface area is 160 Å². The van der Waals surface area contributed by atoms with Crippen LogP contribution in [-0.4, -0.2) is 50.7 Å². The number of hydrogen-bond donors (Lipinski definition) is 0. The van der Waals surface area contributed by atoms with Crippen LogP contribution >= 0.6 is 0 Å². The molecule has 0 bridgehead atoms. The van der Waals surface area contributed by atoms with Crippen molar-refractivity contribution in [1.82, 2.24) is 10.1 Å². The number of benzene rings is 1. The van der Waals surface area contributed by atoms with E-state index in [4.69, 9.17) is 14.0 Å². The molecular weight excluding hydrogens is 368 g/mol. The van der Waals surface area contributed by atoms with E-state index in [0.29, 0.717) is 23.9 Å². The first-order valence-electron chi connectivity index (χ1n) is 9.00. The maximum absolute atomic E-state index is 12.2. The maximum Gasteiger partial charge on any atom is 0.257 e. The lowest BCUT2D eigenvalue weighted by Gasteiger charge is -2.29. The van der Waals surface area contributed by atoms with Crippen molar-refractivity contribution >= 4 is 9.84 Å². The molecule has 0 aliphatic carbocycles. The van der Waals surface area contributed by atoms with Crippen molar-refractivity contribution in [2.45, 2.75) is 44.1 Å². The first-order chi connectivity index (χ1) is 12.7. The zero-order chi connectivity index (χ0) is 19.7. The van der Waals surface area contributed by atoms with Gasteiger partial charge in [0.2, 0.25) is 0 Å². The minimum absolute atomic E-state index is 0.0137. The van der Waals surface area contributed by atoms with Crippen molar-refractivity contribution in [2.75, 3.05) is 26.1 Å². The molecule has 0 unspecified atom stereocenters. The summed E-state index contributed by atoms with van der Waals surface area (Å²) in [6.07, 6.45) is 0.897. The van der Waals surface area contributed by atoms with Gasteiger partial charge >= 0.3 is 0 Å². The van der Waals surface area contributed by atoms with Gasteiger partial charge in [-0.15, -0.1) is 0 Å². The van der Waals surface area contributed by atoms with Gasteiger partial charge in [-0.1, -0.05) is 25.9 Å². The fourth-order valence-electron chi connectivity index (χ4n) is 3.33. The normalized spacial score (nSPS) is 20.9. The standard InChI is InChI=1S/C19H26N2O5S/c1-19(2,3)16-15(9-10-25-16)17-20-18(26-21-17)13-5-7-14(8-6-13)27(22,23)12-11-24-4/h5-8,15-16H,9-12H2,1-4H3/t15-,16-/m0/s1. The van der Waals surface area contributed by atoms with Gasteiger partial charge in [0.25, 0.3) is 5.89 Å². The Morgan fingerprint density at radius 3 is 2.56 bits per heavy atom. The third-order valence-electron chi connectivity index (χ3n) is 4.74. The fraction of sp³-hybridized carbons (Fsp3) is 0.579. The minimum atomic E-state index is -3.36. The molecule has 1 saturated heterocycles. The smallest absolute Gasteiger partial charge is 0.257 e. The predicted molar refractivity (Wildman–Crippen MR) is 100 cm³/mol. The summed E-state index contributed by atoms with van der Waals surface area (Å²) in [6.45, 7) is 7.26. The Morgan fingerprint density at radius 1 is 1.22 bits per heavy atom. The zero-order valence-corrected chi connectivity index (χ0v) is 17.0. The number of methoxy groups -OCH3 is 1. The third kappa shape index (κ3) is 4.39. The van der Waals surface area contributed by atoms with Crippen molar-refractivity contribution in [1.29, 1.82) is 0 Å². The molecular formula is C19H26N2O5S. The van der Waals surface area contributed by atoms with Gasteiger partial charge in [0.05, 0.1) is 29.3 Å². The van der Waals surface area contributed by atoms with Gasteiger partial charge in [-0.05, 0) is 36.1 Å². The van der Waals surface area contributed by atoms with Crippen LogP contribution in [0.3, 0.4) is 0 Å². The summed E-state index contributed by atoms with van der Waals surface area (Å²) < 4.78 is 40.6. The highest BCUT2D eigenvalue weighted by atomic mass is 32.2. The molecule has 0 spiro atoms. The average molecular weight is 394 g/mol. The van der Waals surface area contributed by atoms with E-state index < -0.39 is 9.84 Å². The van der Waals surface area contributed by atoms with E-state index in [9.17, 15) is 8.42 Å². The Balaban J connectivity index is 1.79. The van der Waals surface area contributed by atoms with Crippen LogP contribution in [0.1, 0.15) is 38.9 Å². The molecule has 0 amide bonds. The van der Waals surface area contributed by atoms with E-state index in [2.05, 4.69) is 30.9 Å². The lowest BCUT2D eigenvalue weighted by molar-refractivity contribution is 0.0193. The summed E-state index contributed by atoms with van der Waals surface area (Å²) in [5.41, 5.74) is 0.672. The molecule has 1 aromatic carbocycles. The van der Waals surface area contributed by atoms with Crippen LogP contribution in [-0.2, 0) is 19.3 Å². The second-order valence-corrected chi connectivity index (χ2v) is 9.96. The van der Waals surface area contributed by atoms with Gasteiger partial charge in [0, 0.05) is 19.3 Å². The molecule has 27 heavy (non-hydrogen) atoms.